The van der Waals surface area contributed by atoms with E-state index >= 15 is 0 Å². The van der Waals surface area contributed by atoms with E-state index < -0.39 is 0 Å². The predicted octanol–water partition coefficient (Wildman–Crippen LogP) is 5.30. The van der Waals surface area contributed by atoms with Crippen LogP contribution < -0.4 is 5.32 Å². The zero-order valence-electron chi connectivity index (χ0n) is 10.5. The molecule has 2 aromatic rings. The Labute approximate surface area is 137 Å². The molecule has 0 fully saturated rings. The molecule has 0 radical (unpaired) electrons. The van der Waals surface area contributed by atoms with Crippen molar-refractivity contribution in [2.45, 2.75) is 13.0 Å². The van der Waals surface area contributed by atoms with Gasteiger partial charge in [-0.05, 0) is 64.5 Å². The van der Waals surface area contributed by atoms with Crippen molar-refractivity contribution in [1.82, 2.24) is 5.32 Å². The van der Waals surface area contributed by atoms with Crippen LogP contribution in [0.1, 0.15) is 24.1 Å². The van der Waals surface area contributed by atoms with E-state index in [0.29, 0.717) is 10.0 Å². The van der Waals surface area contributed by atoms with Gasteiger partial charge in [0.25, 0.3) is 0 Å². The summed E-state index contributed by atoms with van der Waals surface area (Å²) in [5.41, 5.74) is 2.25. The summed E-state index contributed by atoms with van der Waals surface area (Å²) in [6, 6.07) is 14.2. The van der Waals surface area contributed by atoms with Gasteiger partial charge in [0.2, 0.25) is 0 Å². The SMILES string of the molecule is CCNC(c1ccc(I)cc1)c1ccc(Cl)cc1Cl. The fourth-order valence-corrected chi connectivity index (χ4v) is 2.88. The van der Waals surface area contributed by atoms with E-state index in [9.17, 15) is 0 Å². The molecule has 0 heterocycles. The number of rotatable bonds is 4. The minimum Gasteiger partial charge on any atom is -0.306 e. The molecule has 19 heavy (non-hydrogen) atoms. The van der Waals surface area contributed by atoms with Crippen LogP contribution in [0.25, 0.3) is 0 Å². The Hall–Kier alpha value is -0.290. The molecule has 1 unspecified atom stereocenters. The van der Waals surface area contributed by atoms with Crippen molar-refractivity contribution in [3.8, 4) is 0 Å². The molecule has 1 N–H and O–H groups in total. The third-order valence-electron chi connectivity index (χ3n) is 2.89. The number of hydrogen-bond acceptors (Lipinski definition) is 1. The first-order valence-corrected chi connectivity index (χ1v) is 7.89. The largest absolute Gasteiger partial charge is 0.306 e. The number of nitrogens with one attached hydrogen (secondary N) is 1. The molecule has 0 aliphatic carbocycles. The minimum atomic E-state index is 0.0896. The molecule has 0 bridgehead atoms. The van der Waals surface area contributed by atoms with E-state index in [0.717, 1.165) is 12.1 Å². The summed E-state index contributed by atoms with van der Waals surface area (Å²) in [6.07, 6.45) is 0. The van der Waals surface area contributed by atoms with Gasteiger partial charge < -0.3 is 5.32 Å². The highest BCUT2D eigenvalue weighted by atomic mass is 127. The lowest BCUT2D eigenvalue weighted by atomic mass is 9.98. The van der Waals surface area contributed by atoms with Gasteiger partial charge in [-0.3, -0.25) is 0 Å². The summed E-state index contributed by atoms with van der Waals surface area (Å²) >= 11 is 14.6. The lowest BCUT2D eigenvalue weighted by molar-refractivity contribution is 0.631. The first kappa shape index (κ1) is 15.1. The zero-order chi connectivity index (χ0) is 13.8. The second-order valence-electron chi connectivity index (χ2n) is 4.21. The second-order valence-corrected chi connectivity index (χ2v) is 6.30. The molecule has 0 aliphatic rings. The highest BCUT2D eigenvalue weighted by Crippen LogP contribution is 2.30. The Morgan fingerprint density at radius 1 is 1.11 bits per heavy atom. The molecule has 0 saturated heterocycles. The van der Waals surface area contributed by atoms with Gasteiger partial charge in [0.05, 0.1) is 6.04 Å². The van der Waals surface area contributed by atoms with Gasteiger partial charge in [-0.15, -0.1) is 0 Å². The highest BCUT2D eigenvalue weighted by molar-refractivity contribution is 14.1. The van der Waals surface area contributed by atoms with Crippen molar-refractivity contribution in [3.63, 3.8) is 0 Å². The Morgan fingerprint density at radius 2 is 1.79 bits per heavy atom. The van der Waals surface area contributed by atoms with Gasteiger partial charge in [-0.25, -0.2) is 0 Å². The number of hydrogen-bond donors (Lipinski definition) is 1. The molecule has 0 saturated carbocycles. The van der Waals surface area contributed by atoms with Crippen LogP contribution in [0.3, 0.4) is 0 Å². The molecule has 100 valence electrons. The average molecular weight is 406 g/mol. The summed E-state index contributed by atoms with van der Waals surface area (Å²) in [4.78, 5) is 0. The van der Waals surface area contributed by atoms with Crippen molar-refractivity contribution in [1.29, 1.82) is 0 Å². The van der Waals surface area contributed by atoms with Crippen LogP contribution in [0.15, 0.2) is 42.5 Å². The second kappa shape index (κ2) is 6.93. The standard InChI is InChI=1S/C15H14Cl2IN/c1-2-19-15(10-3-6-12(18)7-4-10)13-8-5-11(16)9-14(13)17/h3-9,15,19H,2H2,1H3. The van der Waals surface area contributed by atoms with Crippen LogP contribution in [0.4, 0.5) is 0 Å². The van der Waals surface area contributed by atoms with Gasteiger partial charge in [0, 0.05) is 13.6 Å². The molecule has 0 aromatic heterocycles. The van der Waals surface area contributed by atoms with Crippen LogP contribution in [0, 0.1) is 3.57 Å². The van der Waals surface area contributed by atoms with Crippen LogP contribution in [0.2, 0.25) is 10.0 Å². The van der Waals surface area contributed by atoms with Crippen molar-refractivity contribution >= 4 is 45.8 Å². The minimum absolute atomic E-state index is 0.0896. The van der Waals surface area contributed by atoms with Crippen molar-refractivity contribution in [3.05, 3.63) is 67.2 Å². The molecular formula is C15H14Cl2IN. The normalized spacial score (nSPS) is 12.4. The summed E-state index contributed by atoms with van der Waals surface area (Å²) in [6.45, 7) is 2.96. The first-order valence-electron chi connectivity index (χ1n) is 6.05. The number of halogens is 3. The van der Waals surface area contributed by atoms with E-state index in [1.54, 1.807) is 6.07 Å². The molecule has 0 amide bonds. The van der Waals surface area contributed by atoms with E-state index in [2.05, 4.69) is 59.1 Å². The summed E-state index contributed by atoms with van der Waals surface area (Å²) < 4.78 is 1.22. The Morgan fingerprint density at radius 3 is 2.37 bits per heavy atom. The molecule has 0 spiro atoms. The van der Waals surface area contributed by atoms with Gasteiger partial charge >= 0.3 is 0 Å². The molecule has 4 heteroatoms. The van der Waals surface area contributed by atoms with E-state index in [4.69, 9.17) is 23.2 Å². The van der Waals surface area contributed by atoms with Crippen LogP contribution >= 0.6 is 45.8 Å². The van der Waals surface area contributed by atoms with Crippen molar-refractivity contribution in [2.24, 2.45) is 0 Å². The van der Waals surface area contributed by atoms with Crippen LogP contribution in [0.5, 0.6) is 0 Å². The maximum Gasteiger partial charge on any atom is 0.0591 e. The maximum atomic E-state index is 6.32. The van der Waals surface area contributed by atoms with Gasteiger partial charge in [0.15, 0.2) is 0 Å². The molecule has 1 atom stereocenters. The topological polar surface area (TPSA) is 12.0 Å². The lowest BCUT2D eigenvalue weighted by Crippen LogP contribution is -2.22. The van der Waals surface area contributed by atoms with Crippen LogP contribution in [-0.2, 0) is 0 Å². The first-order chi connectivity index (χ1) is 9.11. The van der Waals surface area contributed by atoms with E-state index in [1.165, 1.54) is 9.13 Å². The fourth-order valence-electron chi connectivity index (χ4n) is 2.00. The number of benzene rings is 2. The molecule has 2 rings (SSSR count). The Kier molecular flexibility index (Phi) is 5.51. The van der Waals surface area contributed by atoms with Gasteiger partial charge in [0.1, 0.15) is 0 Å². The summed E-state index contributed by atoms with van der Waals surface area (Å²) in [7, 11) is 0. The van der Waals surface area contributed by atoms with Crippen LogP contribution in [-0.4, -0.2) is 6.54 Å². The fraction of sp³-hybridized carbons (Fsp3) is 0.200. The molecular weight excluding hydrogens is 392 g/mol. The van der Waals surface area contributed by atoms with Crippen molar-refractivity contribution < 1.29 is 0 Å². The third kappa shape index (κ3) is 3.85. The lowest BCUT2D eigenvalue weighted by Gasteiger charge is -2.20. The smallest absolute Gasteiger partial charge is 0.0591 e. The monoisotopic (exact) mass is 405 g/mol. The Bertz CT molecular complexity index is 555. The van der Waals surface area contributed by atoms with Crippen molar-refractivity contribution in [2.75, 3.05) is 6.54 Å². The Balaban J connectivity index is 2.41. The molecule has 2 aromatic carbocycles. The summed E-state index contributed by atoms with van der Waals surface area (Å²) in [5.74, 6) is 0. The highest BCUT2D eigenvalue weighted by Gasteiger charge is 2.16. The maximum absolute atomic E-state index is 6.32. The van der Waals surface area contributed by atoms with Gasteiger partial charge in [-0.1, -0.05) is 48.3 Å². The average Bonchev–Trinajstić information content (AvgIpc) is 2.38. The van der Waals surface area contributed by atoms with E-state index in [-0.39, 0.29) is 6.04 Å². The van der Waals surface area contributed by atoms with Gasteiger partial charge in [-0.2, -0.15) is 0 Å². The predicted molar refractivity (Wildman–Crippen MR) is 91.1 cm³/mol. The quantitative estimate of drug-likeness (QED) is 0.680. The zero-order valence-corrected chi connectivity index (χ0v) is 14.1. The summed E-state index contributed by atoms with van der Waals surface area (Å²) in [5, 5.41) is 4.82. The van der Waals surface area contributed by atoms with E-state index in [1.807, 2.05) is 12.1 Å². The molecule has 0 aliphatic heterocycles. The third-order valence-corrected chi connectivity index (χ3v) is 4.17. The molecule has 1 nitrogen and oxygen atoms in total.